The number of esters is 1. The van der Waals surface area contributed by atoms with Crippen LogP contribution in [0.5, 0.6) is 5.75 Å². The number of carbonyl (C=O) groups excluding carboxylic acids is 4. The van der Waals surface area contributed by atoms with E-state index in [2.05, 4.69) is 16.0 Å². The Hall–Kier alpha value is -3.10. The van der Waals surface area contributed by atoms with Crippen LogP contribution < -0.4 is 20.7 Å². The van der Waals surface area contributed by atoms with Gasteiger partial charge < -0.3 is 20.1 Å². The first-order valence-electron chi connectivity index (χ1n) is 9.62. The van der Waals surface area contributed by atoms with E-state index in [4.69, 9.17) is 9.47 Å². The van der Waals surface area contributed by atoms with Gasteiger partial charge in [-0.2, -0.15) is 0 Å². The second-order valence-electron chi connectivity index (χ2n) is 8.20. The Morgan fingerprint density at radius 3 is 2.00 bits per heavy atom. The Labute approximate surface area is 176 Å². The third-order valence-electron chi connectivity index (χ3n) is 3.95. The summed E-state index contributed by atoms with van der Waals surface area (Å²) in [5.41, 5.74) is -0.183. The van der Waals surface area contributed by atoms with E-state index in [0.29, 0.717) is 11.3 Å². The number of carbonyl (C=O) groups is 4. The Balaban J connectivity index is 2.72. The van der Waals surface area contributed by atoms with Crippen LogP contribution in [-0.4, -0.2) is 48.6 Å². The highest BCUT2D eigenvalue weighted by Crippen LogP contribution is 2.13. The molecular weight excluding hydrogens is 390 g/mol. The molecule has 0 heterocycles. The van der Waals surface area contributed by atoms with Crippen molar-refractivity contribution in [2.24, 2.45) is 5.92 Å². The fourth-order valence-electron chi connectivity index (χ4n) is 2.35. The number of amides is 4. The molecule has 9 nitrogen and oxygen atoms in total. The maximum atomic E-state index is 12.5. The number of hydrogen-bond acceptors (Lipinski definition) is 6. The van der Waals surface area contributed by atoms with E-state index in [1.807, 2.05) is 0 Å². The molecule has 0 saturated heterocycles. The summed E-state index contributed by atoms with van der Waals surface area (Å²) < 4.78 is 10.2. The molecule has 2 atom stereocenters. The van der Waals surface area contributed by atoms with E-state index in [9.17, 15) is 19.2 Å². The maximum Gasteiger partial charge on any atom is 0.329 e. The van der Waals surface area contributed by atoms with E-state index in [1.54, 1.807) is 58.9 Å². The van der Waals surface area contributed by atoms with Gasteiger partial charge in [0.15, 0.2) is 6.10 Å². The summed E-state index contributed by atoms with van der Waals surface area (Å²) in [6.45, 7) is 10.1. The number of nitrogens with one attached hydrogen (secondary N) is 3. The van der Waals surface area contributed by atoms with Crippen LogP contribution in [0.25, 0.3) is 0 Å². The molecule has 0 radical (unpaired) electrons. The lowest BCUT2D eigenvalue weighted by Gasteiger charge is -2.24. The van der Waals surface area contributed by atoms with Gasteiger partial charge in [-0.25, -0.2) is 9.59 Å². The van der Waals surface area contributed by atoms with Crippen molar-refractivity contribution >= 4 is 23.8 Å². The van der Waals surface area contributed by atoms with Crippen LogP contribution in [0.1, 0.15) is 51.9 Å². The van der Waals surface area contributed by atoms with Gasteiger partial charge in [-0.05, 0) is 57.9 Å². The van der Waals surface area contributed by atoms with Crippen molar-refractivity contribution in [3.05, 3.63) is 29.8 Å². The van der Waals surface area contributed by atoms with E-state index in [0.717, 1.165) is 0 Å². The molecule has 0 aliphatic rings. The van der Waals surface area contributed by atoms with Crippen LogP contribution in [0.15, 0.2) is 24.3 Å². The lowest BCUT2D eigenvalue weighted by molar-refractivity contribution is -0.157. The Morgan fingerprint density at radius 1 is 0.967 bits per heavy atom. The van der Waals surface area contributed by atoms with Gasteiger partial charge in [-0.15, -0.1) is 0 Å². The average Bonchev–Trinajstić information content (AvgIpc) is 2.63. The molecule has 3 N–H and O–H groups in total. The quantitative estimate of drug-likeness (QED) is 0.579. The van der Waals surface area contributed by atoms with Crippen LogP contribution >= 0.6 is 0 Å². The van der Waals surface area contributed by atoms with E-state index in [-0.39, 0.29) is 5.92 Å². The minimum absolute atomic E-state index is 0.292. The van der Waals surface area contributed by atoms with Crippen LogP contribution in [0.3, 0.4) is 0 Å². The van der Waals surface area contributed by atoms with Crippen LogP contribution in [0.4, 0.5) is 4.79 Å². The number of methoxy groups -OCH3 is 1. The zero-order valence-electron chi connectivity index (χ0n) is 18.5. The first kappa shape index (κ1) is 24.9. The highest BCUT2D eigenvalue weighted by molar-refractivity contribution is 5.99. The molecule has 0 aromatic heterocycles. The molecule has 4 amide bonds. The largest absolute Gasteiger partial charge is 0.497 e. The molecule has 0 bridgehead atoms. The maximum absolute atomic E-state index is 12.5. The molecule has 166 valence electrons. The lowest BCUT2D eigenvalue weighted by Crippen LogP contribution is -2.52. The molecule has 0 fully saturated rings. The number of ether oxygens (including phenoxy) is 2. The summed E-state index contributed by atoms with van der Waals surface area (Å²) in [6, 6.07) is 4.74. The monoisotopic (exact) mass is 421 g/mol. The molecule has 0 aliphatic carbocycles. The van der Waals surface area contributed by atoms with E-state index in [1.165, 1.54) is 14.0 Å². The second kappa shape index (κ2) is 10.6. The first-order valence-corrected chi connectivity index (χ1v) is 9.62. The topological polar surface area (TPSA) is 123 Å². The average molecular weight is 421 g/mol. The van der Waals surface area contributed by atoms with Gasteiger partial charge in [0.05, 0.1) is 7.11 Å². The zero-order valence-corrected chi connectivity index (χ0v) is 18.5. The third-order valence-corrected chi connectivity index (χ3v) is 3.95. The highest BCUT2D eigenvalue weighted by Gasteiger charge is 2.30. The Morgan fingerprint density at radius 2 is 1.53 bits per heavy atom. The molecule has 9 heteroatoms. The summed E-state index contributed by atoms with van der Waals surface area (Å²) in [6.07, 6.45) is -1.22. The zero-order chi connectivity index (χ0) is 23.1. The first-order chi connectivity index (χ1) is 13.8. The number of benzene rings is 1. The molecule has 0 unspecified atom stereocenters. The second-order valence-corrected chi connectivity index (χ2v) is 8.20. The van der Waals surface area contributed by atoms with Crippen molar-refractivity contribution < 1.29 is 28.7 Å². The SMILES string of the molecule is COc1ccc(C(=O)N[C@H](C(=O)O[C@H](C)C(=O)NC(=O)NC(C)(C)C)C(C)C)cc1. The van der Waals surface area contributed by atoms with Gasteiger partial charge >= 0.3 is 12.0 Å². The molecule has 0 aliphatic heterocycles. The number of urea groups is 1. The van der Waals surface area contributed by atoms with Crippen molar-refractivity contribution in [3.63, 3.8) is 0 Å². The summed E-state index contributed by atoms with van der Waals surface area (Å²) in [7, 11) is 1.52. The van der Waals surface area contributed by atoms with Crippen molar-refractivity contribution in [2.45, 2.75) is 59.2 Å². The molecule has 1 rings (SSSR count). The molecule has 1 aromatic rings. The van der Waals surface area contributed by atoms with Gasteiger partial charge in [0.2, 0.25) is 0 Å². The predicted molar refractivity (Wildman–Crippen MR) is 111 cm³/mol. The standard InChI is InChI=1S/C21H31N3O6/c1-12(2)16(22-18(26)14-8-10-15(29-7)11-9-14)19(27)30-13(3)17(25)23-20(28)24-21(4,5)6/h8-13,16H,1-7H3,(H,22,26)(H2,23,24,25,28)/t13-,16+/m1/s1. The predicted octanol–water partition coefficient (Wildman–Crippen LogP) is 2.01. The van der Waals surface area contributed by atoms with Crippen molar-refractivity contribution in [1.29, 1.82) is 0 Å². The lowest BCUT2D eigenvalue weighted by atomic mass is 10.0. The molecule has 0 saturated carbocycles. The van der Waals surface area contributed by atoms with Gasteiger partial charge in [0, 0.05) is 11.1 Å². The van der Waals surface area contributed by atoms with Crippen molar-refractivity contribution in [3.8, 4) is 5.75 Å². The minimum Gasteiger partial charge on any atom is -0.497 e. The minimum atomic E-state index is -1.22. The van der Waals surface area contributed by atoms with Crippen LogP contribution in [-0.2, 0) is 14.3 Å². The number of imide groups is 1. The van der Waals surface area contributed by atoms with Crippen molar-refractivity contribution in [1.82, 2.24) is 16.0 Å². The number of hydrogen-bond donors (Lipinski definition) is 3. The van der Waals surface area contributed by atoms with Gasteiger partial charge in [0.1, 0.15) is 11.8 Å². The molecule has 30 heavy (non-hydrogen) atoms. The molecular formula is C21H31N3O6. The summed E-state index contributed by atoms with van der Waals surface area (Å²) in [5.74, 6) is -1.70. The van der Waals surface area contributed by atoms with E-state index >= 15 is 0 Å². The highest BCUT2D eigenvalue weighted by atomic mass is 16.5. The summed E-state index contributed by atoms with van der Waals surface area (Å²) in [4.78, 5) is 48.9. The van der Waals surface area contributed by atoms with Crippen molar-refractivity contribution in [2.75, 3.05) is 7.11 Å². The fourth-order valence-corrected chi connectivity index (χ4v) is 2.35. The third kappa shape index (κ3) is 8.10. The van der Waals surface area contributed by atoms with Crippen LogP contribution in [0.2, 0.25) is 0 Å². The van der Waals surface area contributed by atoms with Gasteiger partial charge in [0.25, 0.3) is 11.8 Å². The van der Waals surface area contributed by atoms with E-state index < -0.39 is 41.5 Å². The molecule has 1 aromatic carbocycles. The Bertz CT molecular complexity index is 768. The Kier molecular flexibility index (Phi) is 8.82. The van der Waals surface area contributed by atoms with Gasteiger partial charge in [-0.1, -0.05) is 13.8 Å². The number of rotatable bonds is 7. The van der Waals surface area contributed by atoms with Gasteiger partial charge in [-0.3, -0.25) is 14.9 Å². The van der Waals surface area contributed by atoms with Crippen LogP contribution in [0, 0.1) is 5.92 Å². The summed E-state index contributed by atoms with van der Waals surface area (Å²) >= 11 is 0. The summed E-state index contributed by atoms with van der Waals surface area (Å²) in [5, 5.41) is 7.32. The normalized spacial score (nSPS) is 13.1. The fraction of sp³-hybridized carbons (Fsp3) is 0.524. The molecule has 0 spiro atoms. The smallest absolute Gasteiger partial charge is 0.329 e.